The molecule has 2 aliphatic rings. The van der Waals surface area contributed by atoms with Crippen LogP contribution in [-0.2, 0) is 4.74 Å². The standard InChI is InChI=1S/C14H28N2O2/c15-11-14(5-9-18-10-6-14)12-16-7-2-1-3-13(16)4-8-17/h13,17H,1-12,15H2. The average Bonchev–Trinajstić information content (AvgIpc) is 2.42. The zero-order valence-electron chi connectivity index (χ0n) is 11.4. The summed E-state index contributed by atoms with van der Waals surface area (Å²) in [6, 6.07) is 0.565. The van der Waals surface area contributed by atoms with E-state index >= 15 is 0 Å². The molecule has 1 atom stereocenters. The van der Waals surface area contributed by atoms with Gasteiger partial charge in [-0.2, -0.15) is 0 Å². The summed E-state index contributed by atoms with van der Waals surface area (Å²) in [4.78, 5) is 2.58. The van der Waals surface area contributed by atoms with Gasteiger partial charge in [0.15, 0.2) is 0 Å². The fraction of sp³-hybridized carbons (Fsp3) is 1.00. The highest BCUT2D eigenvalue weighted by molar-refractivity contribution is 4.89. The van der Waals surface area contributed by atoms with Crippen molar-refractivity contribution < 1.29 is 9.84 Å². The molecule has 0 bridgehead atoms. The van der Waals surface area contributed by atoms with Crippen LogP contribution in [0.15, 0.2) is 0 Å². The van der Waals surface area contributed by atoms with Crippen molar-refractivity contribution in [2.45, 2.75) is 44.6 Å². The minimum Gasteiger partial charge on any atom is -0.396 e. The molecule has 1 unspecified atom stereocenters. The normalized spacial score (nSPS) is 29.3. The van der Waals surface area contributed by atoms with Crippen molar-refractivity contribution in [1.82, 2.24) is 4.90 Å². The lowest BCUT2D eigenvalue weighted by atomic mass is 9.79. The van der Waals surface area contributed by atoms with E-state index in [1.807, 2.05) is 0 Å². The number of piperidine rings is 1. The highest BCUT2D eigenvalue weighted by Crippen LogP contribution is 2.33. The maximum absolute atomic E-state index is 9.19. The largest absolute Gasteiger partial charge is 0.396 e. The summed E-state index contributed by atoms with van der Waals surface area (Å²) in [5.41, 5.74) is 6.30. The summed E-state index contributed by atoms with van der Waals surface area (Å²) in [7, 11) is 0. The molecule has 106 valence electrons. The quantitative estimate of drug-likeness (QED) is 0.770. The maximum Gasteiger partial charge on any atom is 0.0472 e. The lowest BCUT2D eigenvalue weighted by molar-refractivity contribution is -0.0159. The van der Waals surface area contributed by atoms with Crippen molar-refractivity contribution in [3.8, 4) is 0 Å². The van der Waals surface area contributed by atoms with Crippen LogP contribution < -0.4 is 5.73 Å². The third kappa shape index (κ3) is 3.44. The molecule has 0 aromatic heterocycles. The monoisotopic (exact) mass is 256 g/mol. The lowest BCUT2D eigenvalue weighted by Crippen LogP contribution is -2.50. The fourth-order valence-corrected chi connectivity index (χ4v) is 3.41. The molecule has 2 saturated heterocycles. The second kappa shape index (κ2) is 6.85. The van der Waals surface area contributed by atoms with Gasteiger partial charge in [0.25, 0.3) is 0 Å². The molecule has 4 heteroatoms. The second-order valence-electron chi connectivity index (χ2n) is 5.95. The highest BCUT2D eigenvalue weighted by atomic mass is 16.5. The van der Waals surface area contributed by atoms with E-state index in [-0.39, 0.29) is 5.41 Å². The van der Waals surface area contributed by atoms with E-state index in [1.165, 1.54) is 25.8 Å². The number of likely N-dealkylation sites (tertiary alicyclic amines) is 1. The molecule has 2 heterocycles. The van der Waals surface area contributed by atoms with E-state index < -0.39 is 0 Å². The predicted octanol–water partition coefficient (Wildman–Crippen LogP) is 0.979. The van der Waals surface area contributed by atoms with Gasteiger partial charge in [-0.1, -0.05) is 6.42 Å². The topological polar surface area (TPSA) is 58.7 Å². The highest BCUT2D eigenvalue weighted by Gasteiger charge is 2.35. The molecule has 2 rings (SSSR count). The molecule has 0 radical (unpaired) electrons. The van der Waals surface area contributed by atoms with Gasteiger partial charge in [-0.25, -0.2) is 0 Å². The smallest absolute Gasteiger partial charge is 0.0472 e. The van der Waals surface area contributed by atoms with Crippen LogP contribution in [0.3, 0.4) is 0 Å². The lowest BCUT2D eigenvalue weighted by Gasteiger charge is -2.44. The third-order valence-corrected chi connectivity index (χ3v) is 4.74. The minimum absolute atomic E-state index is 0.253. The number of aliphatic hydroxyl groups excluding tert-OH is 1. The van der Waals surface area contributed by atoms with Crippen LogP contribution in [0.5, 0.6) is 0 Å². The minimum atomic E-state index is 0.253. The van der Waals surface area contributed by atoms with Crippen molar-refractivity contribution in [2.24, 2.45) is 11.1 Å². The van der Waals surface area contributed by atoms with Crippen LogP contribution in [0.2, 0.25) is 0 Å². The van der Waals surface area contributed by atoms with Gasteiger partial charge in [0.2, 0.25) is 0 Å². The molecule has 0 spiro atoms. The Labute approximate surface area is 110 Å². The summed E-state index contributed by atoms with van der Waals surface area (Å²) in [6.45, 7) is 5.05. The van der Waals surface area contributed by atoms with Crippen molar-refractivity contribution in [3.63, 3.8) is 0 Å². The first-order chi connectivity index (χ1) is 8.79. The molecule has 0 aliphatic carbocycles. The van der Waals surface area contributed by atoms with Crippen molar-refractivity contribution >= 4 is 0 Å². The Morgan fingerprint density at radius 3 is 2.72 bits per heavy atom. The summed E-state index contributed by atoms with van der Waals surface area (Å²) in [5.74, 6) is 0. The first-order valence-corrected chi connectivity index (χ1v) is 7.42. The Kier molecular flexibility index (Phi) is 5.42. The molecule has 0 aromatic rings. The van der Waals surface area contributed by atoms with Crippen LogP contribution in [-0.4, -0.2) is 55.5 Å². The van der Waals surface area contributed by atoms with Crippen molar-refractivity contribution in [2.75, 3.05) is 39.5 Å². The zero-order valence-corrected chi connectivity index (χ0v) is 11.4. The molecule has 18 heavy (non-hydrogen) atoms. The van der Waals surface area contributed by atoms with Gasteiger partial charge < -0.3 is 15.6 Å². The SMILES string of the molecule is NCC1(CN2CCCCC2CCO)CCOCC1. The Morgan fingerprint density at radius 1 is 1.28 bits per heavy atom. The molecule has 2 fully saturated rings. The predicted molar refractivity (Wildman–Crippen MR) is 72.5 cm³/mol. The van der Waals surface area contributed by atoms with Gasteiger partial charge >= 0.3 is 0 Å². The number of nitrogens with zero attached hydrogens (tertiary/aromatic N) is 1. The number of nitrogens with two attached hydrogens (primary N) is 1. The summed E-state index contributed by atoms with van der Waals surface area (Å²) in [6.07, 6.45) is 6.92. The molecule has 3 N–H and O–H groups in total. The van der Waals surface area contributed by atoms with E-state index in [4.69, 9.17) is 10.5 Å². The molecule has 0 amide bonds. The van der Waals surface area contributed by atoms with Crippen LogP contribution in [0, 0.1) is 5.41 Å². The average molecular weight is 256 g/mol. The van der Waals surface area contributed by atoms with Crippen molar-refractivity contribution in [1.29, 1.82) is 0 Å². The van der Waals surface area contributed by atoms with Gasteiger partial charge in [-0.05, 0) is 50.6 Å². The van der Waals surface area contributed by atoms with Crippen LogP contribution in [0.4, 0.5) is 0 Å². The van der Waals surface area contributed by atoms with Crippen molar-refractivity contribution in [3.05, 3.63) is 0 Å². The van der Waals surface area contributed by atoms with Gasteiger partial charge in [-0.3, -0.25) is 4.90 Å². The Hall–Kier alpha value is -0.160. The number of rotatable bonds is 5. The Bertz CT molecular complexity index is 240. The number of hydrogen-bond donors (Lipinski definition) is 2. The molecule has 2 aliphatic heterocycles. The third-order valence-electron chi connectivity index (χ3n) is 4.74. The van der Waals surface area contributed by atoms with E-state index in [0.717, 1.165) is 45.6 Å². The zero-order chi connectivity index (χ0) is 12.8. The number of hydrogen-bond acceptors (Lipinski definition) is 4. The van der Waals surface area contributed by atoms with E-state index in [2.05, 4.69) is 4.90 Å². The van der Waals surface area contributed by atoms with Crippen LogP contribution >= 0.6 is 0 Å². The van der Waals surface area contributed by atoms with Crippen LogP contribution in [0.1, 0.15) is 38.5 Å². The molecule has 4 nitrogen and oxygen atoms in total. The fourth-order valence-electron chi connectivity index (χ4n) is 3.41. The Morgan fingerprint density at radius 2 is 2.06 bits per heavy atom. The summed E-state index contributed by atoms with van der Waals surface area (Å²) >= 11 is 0. The molecule has 0 saturated carbocycles. The first-order valence-electron chi connectivity index (χ1n) is 7.42. The number of aliphatic hydroxyl groups is 1. The number of ether oxygens (including phenoxy) is 1. The maximum atomic E-state index is 9.19. The van der Waals surface area contributed by atoms with E-state index in [0.29, 0.717) is 12.6 Å². The summed E-state index contributed by atoms with van der Waals surface area (Å²) < 4.78 is 5.48. The second-order valence-corrected chi connectivity index (χ2v) is 5.95. The molecular formula is C14H28N2O2. The Balaban J connectivity index is 1.95. The van der Waals surface area contributed by atoms with E-state index in [9.17, 15) is 5.11 Å². The van der Waals surface area contributed by atoms with Gasteiger partial charge in [0, 0.05) is 32.4 Å². The molecular weight excluding hydrogens is 228 g/mol. The van der Waals surface area contributed by atoms with Crippen LogP contribution in [0.25, 0.3) is 0 Å². The first kappa shape index (κ1) is 14.3. The summed E-state index contributed by atoms with van der Waals surface area (Å²) in [5, 5.41) is 9.19. The van der Waals surface area contributed by atoms with Gasteiger partial charge in [-0.15, -0.1) is 0 Å². The van der Waals surface area contributed by atoms with Gasteiger partial charge in [0.1, 0.15) is 0 Å². The molecule has 0 aromatic carbocycles. The van der Waals surface area contributed by atoms with Gasteiger partial charge in [0.05, 0.1) is 0 Å². The van der Waals surface area contributed by atoms with E-state index in [1.54, 1.807) is 0 Å².